The van der Waals surface area contributed by atoms with Gasteiger partial charge in [0.25, 0.3) is 0 Å². The van der Waals surface area contributed by atoms with E-state index in [1.54, 1.807) is 0 Å². The lowest BCUT2D eigenvalue weighted by atomic mass is 9.86. The van der Waals surface area contributed by atoms with Crippen molar-refractivity contribution < 1.29 is 4.84 Å². The fraction of sp³-hybridized carbons (Fsp3) is 1.00. The molecule has 0 amide bonds. The van der Waals surface area contributed by atoms with Crippen molar-refractivity contribution >= 4 is 0 Å². The number of hydrogen-bond donors (Lipinski definition) is 0. The number of hydroxylamine groups is 2. The number of rotatable bonds is 1. The summed E-state index contributed by atoms with van der Waals surface area (Å²) in [7, 11) is 0. The van der Waals surface area contributed by atoms with Gasteiger partial charge in [0.05, 0.1) is 6.61 Å². The van der Waals surface area contributed by atoms with E-state index in [0.717, 1.165) is 25.1 Å². The van der Waals surface area contributed by atoms with Crippen LogP contribution in [0, 0.1) is 5.92 Å². The second-order valence-corrected chi connectivity index (χ2v) is 3.64. The first-order chi connectivity index (χ1) is 5.42. The molecule has 0 spiro atoms. The number of fused-ring (bicyclic) bond motifs is 1. The first kappa shape index (κ1) is 7.56. The van der Waals surface area contributed by atoms with Crippen molar-refractivity contribution in [2.75, 3.05) is 13.2 Å². The van der Waals surface area contributed by atoms with Gasteiger partial charge in [-0.15, -0.1) is 0 Å². The first-order valence-electron chi connectivity index (χ1n) is 4.81. The summed E-state index contributed by atoms with van der Waals surface area (Å²) in [4.78, 5) is 5.58. The third-order valence-electron chi connectivity index (χ3n) is 3.00. The topological polar surface area (TPSA) is 12.5 Å². The standard InChI is InChI=1S/C9H17NO/c1-2-10-9-6-4-3-5-8(9)7-11-10/h8-9H,2-7H2,1H3. The van der Waals surface area contributed by atoms with Crippen LogP contribution in [0.25, 0.3) is 0 Å². The van der Waals surface area contributed by atoms with Crippen molar-refractivity contribution in [3.05, 3.63) is 0 Å². The number of hydrogen-bond acceptors (Lipinski definition) is 2. The fourth-order valence-electron chi connectivity index (χ4n) is 2.37. The Morgan fingerprint density at radius 1 is 1.36 bits per heavy atom. The zero-order chi connectivity index (χ0) is 7.68. The minimum absolute atomic E-state index is 0.758. The minimum Gasteiger partial charge on any atom is -0.298 e. The van der Waals surface area contributed by atoms with E-state index in [-0.39, 0.29) is 0 Å². The second kappa shape index (κ2) is 3.11. The highest BCUT2D eigenvalue weighted by Gasteiger charge is 2.35. The molecule has 0 radical (unpaired) electrons. The Morgan fingerprint density at radius 2 is 2.18 bits per heavy atom. The van der Waals surface area contributed by atoms with Gasteiger partial charge < -0.3 is 0 Å². The molecule has 64 valence electrons. The maximum absolute atomic E-state index is 5.58. The van der Waals surface area contributed by atoms with E-state index in [1.165, 1.54) is 25.7 Å². The lowest BCUT2D eigenvalue weighted by molar-refractivity contribution is -0.129. The molecule has 2 nitrogen and oxygen atoms in total. The van der Waals surface area contributed by atoms with Crippen LogP contribution in [0.2, 0.25) is 0 Å². The van der Waals surface area contributed by atoms with Gasteiger partial charge in [-0.05, 0) is 12.8 Å². The van der Waals surface area contributed by atoms with Gasteiger partial charge in [0.1, 0.15) is 0 Å². The molecule has 2 rings (SSSR count). The van der Waals surface area contributed by atoms with Crippen LogP contribution >= 0.6 is 0 Å². The molecule has 2 unspecified atom stereocenters. The first-order valence-corrected chi connectivity index (χ1v) is 4.81. The van der Waals surface area contributed by atoms with E-state index in [2.05, 4.69) is 12.0 Å². The third-order valence-corrected chi connectivity index (χ3v) is 3.00. The molecular weight excluding hydrogens is 138 g/mol. The Bertz CT molecular complexity index is 132. The largest absolute Gasteiger partial charge is 0.298 e. The average molecular weight is 155 g/mol. The Morgan fingerprint density at radius 3 is 3.00 bits per heavy atom. The van der Waals surface area contributed by atoms with E-state index in [1.807, 2.05) is 0 Å². The molecule has 1 saturated carbocycles. The zero-order valence-corrected chi connectivity index (χ0v) is 7.25. The third kappa shape index (κ3) is 1.30. The van der Waals surface area contributed by atoms with Crippen LogP contribution in [-0.4, -0.2) is 24.3 Å². The van der Waals surface area contributed by atoms with E-state index >= 15 is 0 Å². The second-order valence-electron chi connectivity index (χ2n) is 3.64. The van der Waals surface area contributed by atoms with Crippen LogP contribution < -0.4 is 0 Å². The van der Waals surface area contributed by atoms with Crippen LogP contribution in [0.1, 0.15) is 32.6 Å². The summed E-state index contributed by atoms with van der Waals surface area (Å²) in [6.07, 6.45) is 5.57. The minimum atomic E-state index is 0.758. The molecule has 11 heavy (non-hydrogen) atoms. The highest BCUT2D eigenvalue weighted by Crippen LogP contribution is 2.33. The molecule has 2 heteroatoms. The SMILES string of the molecule is CCN1OCC2CCCCC21. The summed E-state index contributed by atoms with van der Waals surface area (Å²) in [6, 6.07) is 0.758. The normalized spacial score (nSPS) is 39.0. The van der Waals surface area contributed by atoms with Crippen LogP contribution in [0.5, 0.6) is 0 Å². The Balaban J connectivity index is 1.98. The molecule has 0 aromatic carbocycles. The van der Waals surface area contributed by atoms with E-state index in [9.17, 15) is 0 Å². The molecule has 1 heterocycles. The van der Waals surface area contributed by atoms with Crippen molar-refractivity contribution in [3.63, 3.8) is 0 Å². The predicted octanol–water partition coefficient (Wildman–Crippen LogP) is 1.81. The van der Waals surface area contributed by atoms with Crippen LogP contribution in [0.3, 0.4) is 0 Å². The summed E-state index contributed by atoms with van der Waals surface area (Å²) < 4.78 is 0. The van der Waals surface area contributed by atoms with Gasteiger partial charge in [0.15, 0.2) is 0 Å². The molecule has 0 aromatic heterocycles. The van der Waals surface area contributed by atoms with Gasteiger partial charge in [-0.25, -0.2) is 0 Å². The zero-order valence-electron chi connectivity index (χ0n) is 7.25. The lowest BCUT2D eigenvalue weighted by Gasteiger charge is -2.27. The maximum Gasteiger partial charge on any atom is 0.0729 e. The molecular formula is C9H17NO. The summed E-state index contributed by atoms with van der Waals surface area (Å²) in [5.74, 6) is 0.851. The molecule has 1 aliphatic heterocycles. The highest BCUT2D eigenvalue weighted by molar-refractivity contribution is 4.83. The molecule has 0 bridgehead atoms. The smallest absolute Gasteiger partial charge is 0.0729 e. The van der Waals surface area contributed by atoms with Crippen molar-refractivity contribution in [2.45, 2.75) is 38.6 Å². The highest BCUT2D eigenvalue weighted by atomic mass is 16.7. The molecule has 0 N–H and O–H groups in total. The number of nitrogens with zero attached hydrogens (tertiary/aromatic N) is 1. The van der Waals surface area contributed by atoms with Crippen LogP contribution in [0.15, 0.2) is 0 Å². The van der Waals surface area contributed by atoms with Gasteiger partial charge >= 0.3 is 0 Å². The summed E-state index contributed by atoms with van der Waals surface area (Å²) >= 11 is 0. The molecule has 2 fully saturated rings. The van der Waals surface area contributed by atoms with E-state index < -0.39 is 0 Å². The van der Waals surface area contributed by atoms with E-state index in [4.69, 9.17) is 4.84 Å². The van der Waals surface area contributed by atoms with Gasteiger partial charge in [0.2, 0.25) is 0 Å². The molecule has 2 aliphatic rings. The molecule has 0 aromatic rings. The van der Waals surface area contributed by atoms with Crippen molar-refractivity contribution in [1.82, 2.24) is 5.06 Å². The summed E-state index contributed by atoms with van der Waals surface area (Å²) in [6.45, 7) is 4.22. The lowest BCUT2D eigenvalue weighted by Crippen LogP contribution is -2.33. The van der Waals surface area contributed by atoms with Gasteiger partial charge in [0, 0.05) is 18.5 Å². The van der Waals surface area contributed by atoms with Crippen molar-refractivity contribution in [3.8, 4) is 0 Å². The van der Waals surface area contributed by atoms with Gasteiger partial charge in [-0.2, -0.15) is 5.06 Å². The average Bonchev–Trinajstić information content (AvgIpc) is 2.47. The van der Waals surface area contributed by atoms with E-state index in [0.29, 0.717) is 0 Å². The summed E-state index contributed by atoms with van der Waals surface area (Å²) in [5.41, 5.74) is 0. The molecule has 1 saturated heterocycles. The molecule has 2 atom stereocenters. The van der Waals surface area contributed by atoms with Crippen LogP contribution in [0.4, 0.5) is 0 Å². The predicted molar refractivity (Wildman–Crippen MR) is 44.1 cm³/mol. The quantitative estimate of drug-likeness (QED) is 0.572. The Kier molecular flexibility index (Phi) is 2.14. The Hall–Kier alpha value is -0.0800. The van der Waals surface area contributed by atoms with Gasteiger partial charge in [-0.3, -0.25) is 4.84 Å². The van der Waals surface area contributed by atoms with Crippen molar-refractivity contribution in [1.29, 1.82) is 0 Å². The molecule has 1 aliphatic carbocycles. The van der Waals surface area contributed by atoms with Gasteiger partial charge in [-0.1, -0.05) is 19.8 Å². The fourth-order valence-corrected chi connectivity index (χ4v) is 2.37. The Labute approximate surface area is 68.5 Å². The maximum atomic E-state index is 5.58. The van der Waals surface area contributed by atoms with Crippen molar-refractivity contribution in [2.24, 2.45) is 5.92 Å². The van der Waals surface area contributed by atoms with Crippen LogP contribution in [-0.2, 0) is 4.84 Å². The summed E-state index contributed by atoms with van der Waals surface area (Å²) in [5, 5.41) is 2.18. The monoisotopic (exact) mass is 155 g/mol.